The number of hydrogen-bond donors (Lipinski definition) is 0. The number of fused-ring (bicyclic) bond motifs is 3. The van der Waals surface area contributed by atoms with Gasteiger partial charge in [-0.3, -0.25) is 0 Å². The van der Waals surface area contributed by atoms with Gasteiger partial charge >= 0.3 is 0 Å². The van der Waals surface area contributed by atoms with Gasteiger partial charge in [0.1, 0.15) is 6.79 Å². The van der Waals surface area contributed by atoms with Crippen molar-refractivity contribution in [3.63, 3.8) is 0 Å². The minimum Gasteiger partial charge on any atom is -0.356 e. The average molecular weight is 254 g/mol. The molecule has 0 fully saturated rings. The van der Waals surface area contributed by atoms with Gasteiger partial charge in [-0.2, -0.15) is 0 Å². The van der Waals surface area contributed by atoms with Crippen LogP contribution in [0.3, 0.4) is 0 Å². The molecule has 0 heterocycles. The van der Waals surface area contributed by atoms with Crippen molar-refractivity contribution in [3.8, 4) is 11.1 Å². The SMILES string of the molecule is CCOCOCC1c2ccccc2-c2ccccc21. The predicted molar refractivity (Wildman–Crippen MR) is 76.2 cm³/mol. The van der Waals surface area contributed by atoms with Crippen molar-refractivity contribution in [2.45, 2.75) is 12.8 Å². The number of hydrogen-bond acceptors (Lipinski definition) is 2. The molecule has 2 aromatic carbocycles. The molecular weight excluding hydrogens is 236 g/mol. The van der Waals surface area contributed by atoms with Gasteiger partial charge in [-0.1, -0.05) is 48.5 Å². The molecule has 0 spiro atoms. The predicted octanol–water partition coefficient (Wildman–Crippen LogP) is 3.81. The van der Waals surface area contributed by atoms with E-state index in [1.807, 2.05) is 6.92 Å². The fourth-order valence-electron chi connectivity index (χ4n) is 2.75. The van der Waals surface area contributed by atoms with Crippen molar-refractivity contribution >= 4 is 0 Å². The molecule has 0 atom stereocenters. The Balaban J connectivity index is 1.87. The first-order valence-corrected chi connectivity index (χ1v) is 6.75. The normalized spacial score (nSPS) is 13.3. The van der Waals surface area contributed by atoms with Crippen LogP contribution in [0.4, 0.5) is 0 Å². The van der Waals surface area contributed by atoms with Crippen LogP contribution in [-0.4, -0.2) is 20.0 Å². The number of rotatable bonds is 5. The van der Waals surface area contributed by atoms with E-state index in [0.717, 1.165) is 0 Å². The summed E-state index contributed by atoms with van der Waals surface area (Å²) in [6.45, 7) is 3.72. The Hall–Kier alpha value is -1.64. The lowest BCUT2D eigenvalue weighted by molar-refractivity contribution is -0.0511. The fraction of sp³-hybridized carbons (Fsp3) is 0.294. The summed E-state index contributed by atoms with van der Waals surface area (Å²) in [4.78, 5) is 0. The summed E-state index contributed by atoms with van der Waals surface area (Å²) in [5.41, 5.74) is 5.40. The maximum atomic E-state index is 5.65. The molecular formula is C17H18O2. The Bertz CT molecular complexity index is 517. The molecule has 0 aromatic heterocycles. The Morgan fingerprint density at radius 2 is 1.42 bits per heavy atom. The maximum absolute atomic E-state index is 5.65. The Morgan fingerprint density at radius 1 is 0.842 bits per heavy atom. The topological polar surface area (TPSA) is 18.5 Å². The molecule has 0 N–H and O–H groups in total. The highest BCUT2D eigenvalue weighted by Crippen LogP contribution is 2.44. The Labute approximate surface area is 114 Å². The summed E-state index contributed by atoms with van der Waals surface area (Å²) < 4.78 is 10.9. The van der Waals surface area contributed by atoms with Crippen LogP contribution in [0.2, 0.25) is 0 Å². The summed E-state index contributed by atoms with van der Waals surface area (Å²) in [5, 5.41) is 0. The molecule has 0 saturated carbocycles. The average Bonchev–Trinajstić information content (AvgIpc) is 2.78. The van der Waals surface area contributed by atoms with E-state index in [0.29, 0.717) is 25.9 Å². The van der Waals surface area contributed by atoms with Crippen LogP contribution in [0.15, 0.2) is 48.5 Å². The molecule has 98 valence electrons. The van der Waals surface area contributed by atoms with Crippen LogP contribution in [0.1, 0.15) is 24.0 Å². The van der Waals surface area contributed by atoms with Crippen molar-refractivity contribution in [1.82, 2.24) is 0 Å². The van der Waals surface area contributed by atoms with Gasteiger partial charge in [0.25, 0.3) is 0 Å². The molecule has 0 bridgehead atoms. The van der Waals surface area contributed by atoms with Crippen LogP contribution >= 0.6 is 0 Å². The quantitative estimate of drug-likeness (QED) is 0.596. The third kappa shape index (κ3) is 2.29. The number of benzene rings is 2. The third-order valence-corrected chi connectivity index (χ3v) is 3.62. The second-order valence-corrected chi connectivity index (χ2v) is 4.71. The van der Waals surface area contributed by atoms with E-state index < -0.39 is 0 Å². The zero-order valence-electron chi connectivity index (χ0n) is 11.1. The van der Waals surface area contributed by atoms with Crippen molar-refractivity contribution in [2.24, 2.45) is 0 Å². The van der Waals surface area contributed by atoms with E-state index in [2.05, 4.69) is 48.5 Å². The second kappa shape index (κ2) is 5.55. The zero-order valence-corrected chi connectivity index (χ0v) is 11.1. The van der Waals surface area contributed by atoms with Gasteiger partial charge in [0.2, 0.25) is 0 Å². The van der Waals surface area contributed by atoms with E-state index in [4.69, 9.17) is 9.47 Å². The highest BCUT2D eigenvalue weighted by atomic mass is 16.7. The largest absolute Gasteiger partial charge is 0.356 e. The minimum atomic E-state index is 0.327. The Kier molecular flexibility index (Phi) is 3.62. The van der Waals surface area contributed by atoms with Crippen LogP contribution < -0.4 is 0 Å². The molecule has 1 aliphatic carbocycles. The third-order valence-electron chi connectivity index (χ3n) is 3.62. The first-order chi connectivity index (χ1) is 9.42. The standard InChI is InChI=1S/C17H18O2/c1-2-18-12-19-11-17-15-9-5-3-7-13(15)14-8-4-6-10-16(14)17/h3-10,17H,2,11-12H2,1H3. The molecule has 1 aliphatic rings. The van der Waals surface area contributed by atoms with Gasteiger partial charge in [-0.15, -0.1) is 0 Å². The molecule has 3 rings (SSSR count). The highest BCUT2D eigenvalue weighted by Gasteiger charge is 2.27. The van der Waals surface area contributed by atoms with Gasteiger partial charge < -0.3 is 9.47 Å². The van der Waals surface area contributed by atoms with E-state index in [9.17, 15) is 0 Å². The van der Waals surface area contributed by atoms with Gasteiger partial charge in [0, 0.05) is 12.5 Å². The van der Waals surface area contributed by atoms with E-state index in [-0.39, 0.29) is 0 Å². The molecule has 0 saturated heterocycles. The second-order valence-electron chi connectivity index (χ2n) is 4.71. The van der Waals surface area contributed by atoms with Gasteiger partial charge in [0.15, 0.2) is 0 Å². The monoisotopic (exact) mass is 254 g/mol. The first-order valence-electron chi connectivity index (χ1n) is 6.75. The highest BCUT2D eigenvalue weighted by molar-refractivity contribution is 5.78. The van der Waals surface area contributed by atoms with Crippen molar-refractivity contribution in [3.05, 3.63) is 59.7 Å². The first kappa shape index (κ1) is 12.4. The van der Waals surface area contributed by atoms with Gasteiger partial charge in [0.05, 0.1) is 6.61 Å². The van der Waals surface area contributed by atoms with Crippen LogP contribution in [0, 0.1) is 0 Å². The lowest BCUT2D eigenvalue weighted by atomic mass is 9.98. The van der Waals surface area contributed by atoms with Crippen LogP contribution in [-0.2, 0) is 9.47 Å². The minimum absolute atomic E-state index is 0.327. The van der Waals surface area contributed by atoms with Crippen molar-refractivity contribution < 1.29 is 9.47 Å². The van der Waals surface area contributed by atoms with Gasteiger partial charge in [-0.25, -0.2) is 0 Å². The summed E-state index contributed by atoms with van der Waals surface area (Å²) in [6.07, 6.45) is 0. The van der Waals surface area contributed by atoms with Crippen LogP contribution in [0.25, 0.3) is 11.1 Å². The smallest absolute Gasteiger partial charge is 0.146 e. The zero-order chi connectivity index (χ0) is 13.1. The van der Waals surface area contributed by atoms with Crippen molar-refractivity contribution in [1.29, 1.82) is 0 Å². The molecule has 2 nitrogen and oxygen atoms in total. The fourth-order valence-corrected chi connectivity index (χ4v) is 2.75. The number of ether oxygens (including phenoxy) is 2. The summed E-state index contributed by atoms with van der Waals surface area (Å²) >= 11 is 0. The molecule has 2 aromatic rings. The van der Waals surface area contributed by atoms with E-state index in [1.165, 1.54) is 22.3 Å². The summed E-state index contributed by atoms with van der Waals surface area (Å²) in [5.74, 6) is 0.327. The lowest BCUT2D eigenvalue weighted by Crippen LogP contribution is -2.09. The molecule has 0 aliphatic heterocycles. The molecule has 0 unspecified atom stereocenters. The van der Waals surface area contributed by atoms with Crippen LogP contribution in [0.5, 0.6) is 0 Å². The maximum Gasteiger partial charge on any atom is 0.146 e. The summed E-state index contributed by atoms with van der Waals surface area (Å²) in [7, 11) is 0. The molecule has 19 heavy (non-hydrogen) atoms. The molecule has 2 heteroatoms. The van der Waals surface area contributed by atoms with Gasteiger partial charge in [-0.05, 0) is 29.2 Å². The van der Waals surface area contributed by atoms with Crippen molar-refractivity contribution in [2.75, 3.05) is 20.0 Å². The Morgan fingerprint density at radius 3 is 2.00 bits per heavy atom. The van der Waals surface area contributed by atoms with E-state index in [1.54, 1.807) is 0 Å². The lowest BCUT2D eigenvalue weighted by Gasteiger charge is -2.13. The summed E-state index contributed by atoms with van der Waals surface area (Å²) in [6, 6.07) is 17.2. The van der Waals surface area contributed by atoms with E-state index >= 15 is 0 Å². The molecule has 0 radical (unpaired) electrons. The molecule has 0 amide bonds.